The smallest absolute Gasteiger partial charge is 0.252 e. The van der Waals surface area contributed by atoms with Crippen LogP contribution in [0.5, 0.6) is 0 Å². The molecule has 0 atom stereocenters. The predicted molar refractivity (Wildman–Crippen MR) is 114 cm³/mol. The summed E-state index contributed by atoms with van der Waals surface area (Å²) in [5.74, 6) is 1.89. The highest BCUT2D eigenvalue weighted by Gasteiger charge is 2.25. The summed E-state index contributed by atoms with van der Waals surface area (Å²) in [6, 6.07) is 19.8. The number of pyridine rings is 1. The lowest BCUT2D eigenvalue weighted by Crippen LogP contribution is -2.25. The van der Waals surface area contributed by atoms with Gasteiger partial charge in [-0.15, -0.1) is 0 Å². The van der Waals surface area contributed by atoms with Crippen molar-refractivity contribution in [3.63, 3.8) is 0 Å². The number of hydrogen-bond acceptors (Lipinski definition) is 5. The van der Waals surface area contributed by atoms with E-state index in [2.05, 4.69) is 10.3 Å². The van der Waals surface area contributed by atoms with Gasteiger partial charge in [0.2, 0.25) is 5.89 Å². The van der Waals surface area contributed by atoms with Gasteiger partial charge in [0.05, 0.1) is 28.1 Å². The highest BCUT2D eigenvalue weighted by atomic mass is 32.2. The molecule has 0 saturated heterocycles. The lowest BCUT2D eigenvalue weighted by molar-refractivity contribution is 0.0952. The number of nitrogens with one attached hydrogen (secondary N) is 1. The summed E-state index contributed by atoms with van der Waals surface area (Å²) in [7, 11) is 0. The van der Waals surface area contributed by atoms with Crippen LogP contribution in [0.3, 0.4) is 0 Å². The minimum atomic E-state index is -0.0320. The van der Waals surface area contributed by atoms with E-state index >= 15 is 0 Å². The molecular formula is C23H19N3O2S. The van der Waals surface area contributed by atoms with Crippen molar-refractivity contribution in [3.05, 3.63) is 78.3 Å². The first-order valence-electron chi connectivity index (χ1n) is 9.60. The molecule has 6 heteroatoms. The number of rotatable bonds is 6. The lowest BCUT2D eigenvalue weighted by atomic mass is 10.1. The van der Waals surface area contributed by atoms with E-state index in [4.69, 9.17) is 9.40 Å². The molecule has 2 aromatic carbocycles. The van der Waals surface area contributed by atoms with E-state index < -0.39 is 0 Å². The zero-order valence-electron chi connectivity index (χ0n) is 15.7. The summed E-state index contributed by atoms with van der Waals surface area (Å²) in [4.78, 5) is 21.8. The Kier molecular flexibility index (Phi) is 4.77. The van der Waals surface area contributed by atoms with Crippen molar-refractivity contribution in [1.82, 2.24) is 15.3 Å². The molecule has 1 saturated carbocycles. The van der Waals surface area contributed by atoms with Crippen LogP contribution in [0.15, 0.2) is 76.3 Å². The lowest BCUT2D eigenvalue weighted by Gasteiger charge is -2.09. The fourth-order valence-corrected chi connectivity index (χ4v) is 3.92. The van der Waals surface area contributed by atoms with E-state index in [1.54, 1.807) is 6.20 Å². The van der Waals surface area contributed by atoms with E-state index in [-0.39, 0.29) is 5.91 Å². The van der Waals surface area contributed by atoms with Gasteiger partial charge in [0.15, 0.2) is 5.76 Å². The quantitative estimate of drug-likeness (QED) is 0.457. The standard InChI is InChI=1S/C23H19N3O2S/c27-23(25-16-10-11-16)18-12-22(26-19-9-5-4-8-17(18)19)29-14-21-24-13-20(28-21)15-6-2-1-3-7-15/h1-9,12-13,16H,10-11,14H2,(H,25,27). The van der Waals surface area contributed by atoms with E-state index in [1.165, 1.54) is 11.8 Å². The number of carbonyl (C=O) groups is 1. The summed E-state index contributed by atoms with van der Waals surface area (Å²) < 4.78 is 5.88. The van der Waals surface area contributed by atoms with Crippen molar-refractivity contribution >= 4 is 28.6 Å². The number of oxazole rings is 1. The number of fused-ring (bicyclic) bond motifs is 1. The molecule has 1 aliphatic carbocycles. The molecule has 4 aromatic rings. The largest absolute Gasteiger partial charge is 0.440 e. The van der Waals surface area contributed by atoms with Gasteiger partial charge in [0.1, 0.15) is 0 Å². The molecule has 0 bridgehead atoms. The molecular weight excluding hydrogens is 382 g/mol. The number of carbonyl (C=O) groups excluding carboxylic acids is 1. The SMILES string of the molecule is O=C(NC1CC1)c1cc(SCc2ncc(-c3ccccc3)o2)nc2ccccc12. The Morgan fingerprint density at radius 3 is 2.72 bits per heavy atom. The third kappa shape index (κ3) is 4.03. The van der Waals surface area contributed by atoms with Crippen molar-refractivity contribution in [1.29, 1.82) is 0 Å². The second-order valence-electron chi connectivity index (χ2n) is 7.05. The van der Waals surface area contributed by atoms with Crippen LogP contribution in [-0.2, 0) is 5.75 Å². The van der Waals surface area contributed by atoms with Crippen LogP contribution in [-0.4, -0.2) is 21.9 Å². The minimum Gasteiger partial charge on any atom is -0.440 e. The highest BCUT2D eigenvalue weighted by Crippen LogP contribution is 2.29. The third-order valence-corrected chi connectivity index (χ3v) is 5.70. The summed E-state index contributed by atoms with van der Waals surface area (Å²) in [5.41, 5.74) is 2.48. The highest BCUT2D eigenvalue weighted by molar-refractivity contribution is 7.98. The van der Waals surface area contributed by atoms with Gasteiger partial charge < -0.3 is 9.73 Å². The van der Waals surface area contributed by atoms with Crippen LogP contribution in [0.2, 0.25) is 0 Å². The van der Waals surface area contributed by atoms with Crippen LogP contribution in [0.4, 0.5) is 0 Å². The van der Waals surface area contributed by atoms with E-state index in [1.807, 2.05) is 60.7 Å². The van der Waals surface area contributed by atoms with Gasteiger partial charge in [0.25, 0.3) is 5.91 Å². The molecule has 0 spiro atoms. The predicted octanol–water partition coefficient (Wildman–Crippen LogP) is 5.07. The van der Waals surface area contributed by atoms with Crippen molar-refractivity contribution in [2.75, 3.05) is 0 Å². The molecule has 0 aliphatic heterocycles. The maximum absolute atomic E-state index is 12.7. The van der Waals surface area contributed by atoms with Gasteiger partial charge in [-0.25, -0.2) is 9.97 Å². The number of benzene rings is 2. The summed E-state index contributed by atoms with van der Waals surface area (Å²) >= 11 is 1.52. The van der Waals surface area contributed by atoms with Crippen molar-refractivity contribution < 1.29 is 9.21 Å². The number of hydrogen-bond donors (Lipinski definition) is 1. The molecule has 0 unspecified atom stereocenters. The molecule has 5 rings (SSSR count). The van der Waals surface area contributed by atoms with E-state index in [0.717, 1.165) is 40.1 Å². The molecule has 5 nitrogen and oxygen atoms in total. The van der Waals surface area contributed by atoms with E-state index in [9.17, 15) is 4.79 Å². The minimum absolute atomic E-state index is 0.0320. The van der Waals surface area contributed by atoms with Gasteiger partial charge in [-0.3, -0.25) is 4.79 Å². The molecule has 1 N–H and O–H groups in total. The van der Waals surface area contributed by atoms with Crippen molar-refractivity contribution in [2.45, 2.75) is 29.7 Å². The summed E-state index contributed by atoms with van der Waals surface area (Å²) in [5, 5.41) is 4.73. The fourth-order valence-electron chi connectivity index (χ4n) is 3.15. The number of thioether (sulfide) groups is 1. The van der Waals surface area contributed by atoms with Crippen LogP contribution < -0.4 is 5.32 Å². The monoisotopic (exact) mass is 401 g/mol. The Morgan fingerprint density at radius 1 is 1.10 bits per heavy atom. The number of para-hydroxylation sites is 1. The Balaban J connectivity index is 1.38. The van der Waals surface area contributed by atoms with Crippen LogP contribution in [0.25, 0.3) is 22.2 Å². The number of amides is 1. The van der Waals surface area contributed by atoms with Crippen LogP contribution in [0, 0.1) is 0 Å². The molecule has 1 fully saturated rings. The number of aromatic nitrogens is 2. The summed E-state index contributed by atoms with van der Waals surface area (Å²) in [6.45, 7) is 0. The van der Waals surface area contributed by atoms with Crippen LogP contribution >= 0.6 is 11.8 Å². The van der Waals surface area contributed by atoms with Gasteiger partial charge in [-0.1, -0.05) is 60.3 Å². The Bertz CT molecular complexity index is 1170. The fraction of sp³-hybridized carbons (Fsp3) is 0.174. The first-order chi connectivity index (χ1) is 14.3. The van der Waals surface area contributed by atoms with Gasteiger partial charge in [-0.2, -0.15) is 0 Å². The molecule has 29 heavy (non-hydrogen) atoms. The zero-order valence-corrected chi connectivity index (χ0v) is 16.5. The maximum Gasteiger partial charge on any atom is 0.252 e. The second kappa shape index (κ2) is 7.72. The summed E-state index contributed by atoms with van der Waals surface area (Å²) in [6.07, 6.45) is 3.86. The Labute approximate surface area is 172 Å². The average molecular weight is 401 g/mol. The Hall–Kier alpha value is -3.12. The maximum atomic E-state index is 12.7. The zero-order chi connectivity index (χ0) is 19.6. The molecule has 0 radical (unpaired) electrons. The molecule has 2 aromatic heterocycles. The second-order valence-corrected chi connectivity index (χ2v) is 8.04. The topological polar surface area (TPSA) is 68.0 Å². The molecule has 1 amide bonds. The average Bonchev–Trinajstić information content (AvgIpc) is 3.45. The van der Waals surface area contributed by atoms with Gasteiger partial charge in [-0.05, 0) is 25.0 Å². The molecule has 2 heterocycles. The number of nitrogens with zero attached hydrogens (tertiary/aromatic N) is 2. The first-order valence-corrected chi connectivity index (χ1v) is 10.6. The first kappa shape index (κ1) is 17.9. The van der Waals surface area contributed by atoms with Crippen molar-refractivity contribution in [3.8, 4) is 11.3 Å². The van der Waals surface area contributed by atoms with Gasteiger partial charge in [0, 0.05) is 17.0 Å². The van der Waals surface area contributed by atoms with Crippen molar-refractivity contribution in [2.24, 2.45) is 0 Å². The molecule has 144 valence electrons. The Morgan fingerprint density at radius 2 is 1.90 bits per heavy atom. The van der Waals surface area contributed by atoms with Gasteiger partial charge >= 0.3 is 0 Å². The normalized spacial score (nSPS) is 13.5. The van der Waals surface area contributed by atoms with E-state index in [0.29, 0.717) is 23.2 Å². The van der Waals surface area contributed by atoms with Crippen LogP contribution in [0.1, 0.15) is 29.1 Å². The third-order valence-electron chi connectivity index (χ3n) is 4.81. The molecule has 1 aliphatic rings.